The van der Waals surface area contributed by atoms with E-state index in [2.05, 4.69) is 28.5 Å². The second-order valence-corrected chi connectivity index (χ2v) is 4.64. The van der Waals surface area contributed by atoms with Gasteiger partial charge in [0.05, 0.1) is 0 Å². The van der Waals surface area contributed by atoms with Gasteiger partial charge < -0.3 is 5.32 Å². The van der Waals surface area contributed by atoms with E-state index >= 15 is 0 Å². The summed E-state index contributed by atoms with van der Waals surface area (Å²) in [5.74, 6) is -0.467. The van der Waals surface area contributed by atoms with Gasteiger partial charge in [0.15, 0.2) is 0 Å². The molecule has 7 heteroatoms. The van der Waals surface area contributed by atoms with Crippen LogP contribution in [0.25, 0.3) is 0 Å². The normalized spacial score (nSPS) is 12.1. The average molecular weight is 253 g/mol. The van der Waals surface area contributed by atoms with Crippen molar-refractivity contribution < 1.29 is 13.2 Å². The van der Waals surface area contributed by atoms with Crippen LogP contribution in [0.15, 0.2) is 0 Å². The Kier molecular flexibility index (Phi) is 4.52. The lowest BCUT2D eigenvalue weighted by molar-refractivity contribution is -0.144. The minimum Gasteiger partial charge on any atom is -0.360 e. The van der Waals surface area contributed by atoms with E-state index in [9.17, 15) is 13.2 Å². The first kappa shape index (κ1) is 13.2. The molecule has 0 saturated heterocycles. The molecule has 0 amide bonds. The third-order valence-electron chi connectivity index (χ3n) is 1.91. The highest BCUT2D eigenvalue weighted by Gasteiger charge is 2.35. The number of halogens is 3. The summed E-state index contributed by atoms with van der Waals surface area (Å²) >= 11 is 0.743. The lowest BCUT2D eigenvalue weighted by Crippen LogP contribution is -2.08. The molecule has 1 N–H and O–H groups in total. The number of anilines is 1. The van der Waals surface area contributed by atoms with Gasteiger partial charge in [-0.15, -0.1) is 0 Å². The van der Waals surface area contributed by atoms with Crippen LogP contribution in [-0.2, 0) is 6.18 Å². The Bertz CT molecular complexity index is 322. The molecule has 0 fully saturated rings. The van der Waals surface area contributed by atoms with Crippen molar-refractivity contribution in [2.24, 2.45) is 5.92 Å². The van der Waals surface area contributed by atoms with Crippen LogP contribution in [0.4, 0.5) is 18.3 Å². The number of aromatic nitrogens is 2. The van der Waals surface area contributed by atoms with Gasteiger partial charge in [0.25, 0.3) is 0 Å². The van der Waals surface area contributed by atoms with Crippen molar-refractivity contribution in [3.63, 3.8) is 0 Å². The van der Waals surface area contributed by atoms with Crippen LogP contribution in [0.3, 0.4) is 0 Å². The van der Waals surface area contributed by atoms with Gasteiger partial charge in [0.1, 0.15) is 0 Å². The zero-order valence-electron chi connectivity index (χ0n) is 9.14. The monoisotopic (exact) mass is 253 g/mol. The van der Waals surface area contributed by atoms with Crippen LogP contribution >= 0.6 is 11.5 Å². The molecule has 0 saturated carbocycles. The molecule has 92 valence electrons. The Morgan fingerprint density at radius 1 is 1.38 bits per heavy atom. The first-order chi connectivity index (χ1) is 7.39. The minimum absolute atomic E-state index is 0.232. The SMILES string of the molecule is CC(C)CCCNc1nc(C(F)(F)F)ns1. The molecular weight excluding hydrogens is 239 g/mol. The van der Waals surface area contributed by atoms with E-state index in [1.54, 1.807) is 0 Å². The molecule has 1 rings (SSSR count). The lowest BCUT2D eigenvalue weighted by Gasteiger charge is -2.04. The Morgan fingerprint density at radius 2 is 2.06 bits per heavy atom. The van der Waals surface area contributed by atoms with Crippen molar-refractivity contribution >= 4 is 16.7 Å². The number of alkyl halides is 3. The summed E-state index contributed by atoms with van der Waals surface area (Å²) in [6.07, 6.45) is -2.50. The van der Waals surface area contributed by atoms with Gasteiger partial charge in [0, 0.05) is 18.1 Å². The summed E-state index contributed by atoms with van der Waals surface area (Å²) in [5, 5.41) is 3.07. The quantitative estimate of drug-likeness (QED) is 0.817. The van der Waals surface area contributed by atoms with Gasteiger partial charge in [-0.2, -0.15) is 22.5 Å². The zero-order chi connectivity index (χ0) is 12.2. The predicted molar refractivity (Wildman–Crippen MR) is 57.5 cm³/mol. The Morgan fingerprint density at radius 3 is 2.56 bits per heavy atom. The summed E-state index contributed by atoms with van der Waals surface area (Å²) < 4.78 is 39.7. The molecule has 0 radical (unpaired) electrons. The first-order valence-electron chi connectivity index (χ1n) is 5.04. The molecule has 16 heavy (non-hydrogen) atoms. The molecular formula is C9H14F3N3S. The fourth-order valence-corrected chi connectivity index (χ4v) is 1.73. The molecule has 1 heterocycles. The average Bonchev–Trinajstić information content (AvgIpc) is 2.59. The van der Waals surface area contributed by atoms with Crippen molar-refractivity contribution in [1.82, 2.24) is 9.36 Å². The molecule has 0 aromatic carbocycles. The number of nitrogens with one attached hydrogen (secondary N) is 1. The van der Waals surface area contributed by atoms with E-state index in [0.717, 1.165) is 24.4 Å². The van der Waals surface area contributed by atoms with Gasteiger partial charge in [-0.05, 0) is 18.8 Å². The molecule has 1 aromatic heterocycles. The van der Waals surface area contributed by atoms with Gasteiger partial charge in [0.2, 0.25) is 11.0 Å². The molecule has 0 bridgehead atoms. The third-order valence-corrected chi connectivity index (χ3v) is 2.59. The fraction of sp³-hybridized carbons (Fsp3) is 0.778. The zero-order valence-corrected chi connectivity index (χ0v) is 9.95. The van der Waals surface area contributed by atoms with Crippen LogP contribution in [0.5, 0.6) is 0 Å². The Hall–Kier alpha value is -0.850. The van der Waals surface area contributed by atoms with E-state index < -0.39 is 12.0 Å². The van der Waals surface area contributed by atoms with E-state index in [0.29, 0.717) is 12.5 Å². The molecule has 0 aliphatic rings. The smallest absolute Gasteiger partial charge is 0.360 e. The van der Waals surface area contributed by atoms with E-state index in [4.69, 9.17) is 0 Å². The highest BCUT2D eigenvalue weighted by molar-refractivity contribution is 7.09. The van der Waals surface area contributed by atoms with Crippen molar-refractivity contribution in [1.29, 1.82) is 0 Å². The van der Waals surface area contributed by atoms with Gasteiger partial charge in [-0.3, -0.25) is 0 Å². The van der Waals surface area contributed by atoms with E-state index in [1.807, 2.05) is 0 Å². The molecule has 0 spiro atoms. The summed E-state index contributed by atoms with van der Waals surface area (Å²) in [7, 11) is 0. The van der Waals surface area contributed by atoms with E-state index in [1.165, 1.54) is 0 Å². The number of hydrogen-bond donors (Lipinski definition) is 1. The molecule has 0 aliphatic heterocycles. The van der Waals surface area contributed by atoms with Crippen molar-refractivity contribution in [2.45, 2.75) is 32.9 Å². The summed E-state index contributed by atoms with van der Waals surface area (Å²) in [6, 6.07) is 0. The fourth-order valence-electron chi connectivity index (χ4n) is 1.12. The van der Waals surface area contributed by atoms with Crippen LogP contribution in [0.2, 0.25) is 0 Å². The Labute approximate surface area is 96.3 Å². The standard InChI is InChI=1S/C9H14F3N3S/c1-6(2)4-3-5-13-8-14-7(15-16-8)9(10,11)12/h6H,3-5H2,1-2H3,(H,13,14,15). The third kappa shape index (κ3) is 4.34. The van der Waals surface area contributed by atoms with Crippen LogP contribution in [0, 0.1) is 5.92 Å². The summed E-state index contributed by atoms with van der Waals surface area (Å²) in [5.41, 5.74) is 0. The molecule has 0 unspecified atom stereocenters. The number of hydrogen-bond acceptors (Lipinski definition) is 4. The first-order valence-corrected chi connectivity index (χ1v) is 5.81. The predicted octanol–water partition coefficient (Wildman–Crippen LogP) is 3.41. The highest BCUT2D eigenvalue weighted by atomic mass is 32.1. The lowest BCUT2D eigenvalue weighted by atomic mass is 10.1. The molecule has 0 aliphatic carbocycles. The highest BCUT2D eigenvalue weighted by Crippen LogP contribution is 2.28. The van der Waals surface area contributed by atoms with Crippen LogP contribution < -0.4 is 5.32 Å². The summed E-state index contributed by atoms with van der Waals surface area (Å²) in [4.78, 5) is 3.37. The van der Waals surface area contributed by atoms with Crippen molar-refractivity contribution in [2.75, 3.05) is 11.9 Å². The number of nitrogens with zero attached hydrogens (tertiary/aromatic N) is 2. The largest absolute Gasteiger partial charge is 0.452 e. The maximum Gasteiger partial charge on any atom is 0.452 e. The van der Waals surface area contributed by atoms with Crippen molar-refractivity contribution in [3.8, 4) is 0 Å². The molecule has 0 atom stereocenters. The maximum atomic E-state index is 12.1. The topological polar surface area (TPSA) is 37.8 Å². The van der Waals surface area contributed by atoms with Gasteiger partial charge >= 0.3 is 6.18 Å². The second kappa shape index (κ2) is 5.47. The van der Waals surface area contributed by atoms with E-state index in [-0.39, 0.29) is 5.13 Å². The minimum atomic E-state index is -4.45. The molecule has 3 nitrogen and oxygen atoms in total. The van der Waals surface area contributed by atoms with Gasteiger partial charge in [-0.25, -0.2) is 0 Å². The van der Waals surface area contributed by atoms with Crippen LogP contribution in [0.1, 0.15) is 32.5 Å². The summed E-state index contributed by atoms with van der Waals surface area (Å²) in [6.45, 7) is 4.84. The Balaban J connectivity index is 2.36. The van der Waals surface area contributed by atoms with Gasteiger partial charge in [-0.1, -0.05) is 13.8 Å². The van der Waals surface area contributed by atoms with Crippen LogP contribution in [-0.4, -0.2) is 15.9 Å². The maximum absolute atomic E-state index is 12.1. The number of rotatable bonds is 5. The second-order valence-electron chi connectivity index (χ2n) is 3.88. The van der Waals surface area contributed by atoms with Crippen molar-refractivity contribution in [3.05, 3.63) is 5.82 Å². The molecule has 1 aromatic rings.